The number of aryl methyl sites for hydroxylation is 1. The van der Waals surface area contributed by atoms with Crippen LogP contribution in [-0.4, -0.2) is 30.3 Å². The van der Waals surface area contributed by atoms with Crippen molar-refractivity contribution in [3.8, 4) is 0 Å². The Balaban J connectivity index is 1.98. The van der Waals surface area contributed by atoms with Crippen molar-refractivity contribution in [1.29, 1.82) is 0 Å². The van der Waals surface area contributed by atoms with Crippen molar-refractivity contribution in [2.24, 2.45) is 0 Å². The van der Waals surface area contributed by atoms with Gasteiger partial charge in [0.1, 0.15) is 0 Å². The average Bonchev–Trinajstić information content (AvgIpc) is 2.93. The smallest absolute Gasteiger partial charge is 0.264 e. The summed E-state index contributed by atoms with van der Waals surface area (Å²) in [5.41, 5.74) is 1.85. The van der Waals surface area contributed by atoms with Gasteiger partial charge in [0.25, 0.3) is 5.91 Å². The van der Waals surface area contributed by atoms with Gasteiger partial charge in [-0.05, 0) is 30.2 Å². The second-order valence-electron chi connectivity index (χ2n) is 4.82. The SMILES string of the molecule is CCc1ccccc1NC(=O)CN(C)C(=O)c1ccc(Cl)s1. The Morgan fingerprint density at radius 3 is 2.59 bits per heavy atom. The van der Waals surface area contributed by atoms with Gasteiger partial charge in [0.05, 0.1) is 15.8 Å². The summed E-state index contributed by atoms with van der Waals surface area (Å²) in [5.74, 6) is -0.435. The van der Waals surface area contributed by atoms with Crippen molar-refractivity contribution in [1.82, 2.24) is 4.90 Å². The highest BCUT2D eigenvalue weighted by Crippen LogP contribution is 2.22. The number of hydrogen-bond donors (Lipinski definition) is 1. The fraction of sp³-hybridized carbons (Fsp3) is 0.250. The second kappa shape index (κ2) is 7.42. The zero-order chi connectivity index (χ0) is 16.1. The van der Waals surface area contributed by atoms with Gasteiger partial charge in [-0.1, -0.05) is 36.7 Å². The van der Waals surface area contributed by atoms with Crippen molar-refractivity contribution >= 4 is 40.4 Å². The molecule has 4 nitrogen and oxygen atoms in total. The minimum absolute atomic E-state index is 0.00754. The molecule has 22 heavy (non-hydrogen) atoms. The maximum atomic E-state index is 12.2. The largest absolute Gasteiger partial charge is 0.332 e. The number of nitrogens with zero attached hydrogens (tertiary/aromatic N) is 1. The third-order valence-electron chi connectivity index (χ3n) is 3.18. The number of likely N-dealkylation sites (N-methyl/N-ethyl adjacent to an activating group) is 1. The van der Waals surface area contributed by atoms with Gasteiger partial charge in [0.2, 0.25) is 5.91 Å². The summed E-state index contributed by atoms with van der Waals surface area (Å²) in [6.07, 6.45) is 0.832. The van der Waals surface area contributed by atoms with Crippen LogP contribution in [0.2, 0.25) is 4.34 Å². The lowest BCUT2D eigenvalue weighted by Gasteiger charge is -2.16. The maximum Gasteiger partial charge on any atom is 0.264 e. The number of carbonyl (C=O) groups excluding carboxylic acids is 2. The molecular weight excluding hydrogens is 320 g/mol. The fourth-order valence-electron chi connectivity index (χ4n) is 2.04. The van der Waals surface area contributed by atoms with Crippen LogP contribution in [0.4, 0.5) is 5.69 Å². The van der Waals surface area contributed by atoms with E-state index in [9.17, 15) is 9.59 Å². The Morgan fingerprint density at radius 2 is 1.95 bits per heavy atom. The number of rotatable bonds is 5. The van der Waals surface area contributed by atoms with Gasteiger partial charge in [0, 0.05) is 12.7 Å². The number of para-hydroxylation sites is 1. The molecule has 0 aliphatic carbocycles. The molecule has 1 aromatic heterocycles. The van der Waals surface area contributed by atoms with Crippen LogP contribution in [0.1, 0.15) is 22.2 Å². The van der Waals surface area contributed by atoms with Crippen LogP contribution < -0.4 is 5.32 Å². The first-order chi connectivity index (χ1) is 10.5. The van der Waals surface area contributed by atoms with Crippen LogP contribution in [0.15, 0.2) is 36.4 Å². The van der Waals surface area contributed by atoms with Gasteiger partial charge in [-0.3, -0.25) is 9.59 Å². The molecule has 0 bridgehead atoms. The number of anilines is 1. The van der Waals surface area contributed by atoms with E-state index >= 15 is 0 Å². The normalized spacial score (nSPS) is 10.3. The molecule has 0 atom stereocenters. The molecule has 0 aliphatic rings. The Kier molecular flexibility index (Phi) is 5.57. The minimum atomic E-state index is -0.223. The first kappa shape index (κ1) is 16.5. The highest BCUT2D eigenvalue weighted by molar-refractivity contribution is 7.17. The zero-order valence-electron chi connectivity index (χ0n) is 12.4. The molecule has 2 rings (SSSR count). The topological polar surface area (TPSA) is 49.4 Å². The molecule has 2 aromatic rings. The summed E-state index contributed by atoms with van der Waals surface area (Å²) in [5, 5.41) is 2.85. The van der Waals surface area contributed by atoms with Crippen LogP contribution in [0, 0.1) is 0 Å². The molecule has 0 unspecified atom stereocenters. The Morgan fingerprint density at radius 1 is 1.23 bits per heavy atom. The lowest BCUT2D eigenvalue weighted by molar-refractivity contribution is -0.116. The number of benzene rings is 1. The standard InChI is InChI=1S/C16H17ClN2O2S/c1-3-11-6-4-5-7-12(11)18-15(20)10-19(2)16(21)13-8-9-14(17)22-13/h4-9H,3,10H2,1-2H3,(H,18,20). The zero-order valence-corrected chi connectivity index (χ0v) is 14.0. The monoisotopic (exact) mass is 336 g/mol. The van der Waals surface area contributed by atoms with E-state index in [-0.39, 0.29) is 18.4 Å². The van der Waals surface area contributed by atoms with Gasteiger partial charge < -0.3 is 10.2 Å². The third-order valence-corrected chi connectivity index (χ3v) is 4.40. The van der Waals surface area contributed by atoms with E-state index in [0.717, 1.165) is 17.7 Å². The number of thiophene rings is 1. The molecule has 1 heterocycles. The summed E-state index contributed by atoms with van der Waals surface area (Å²) in [6.45, 7) is 2.02. The molecule has 0 aliphatic heterocycles. The summed E-state index contributed by atoms with van der Waals surface area (Å²) >= 11 is 7.03. The summed E-state index contributed by atoms with van der Waals surface area (Å²) in [6, 6.07) is 11.0. The number of halogens is 1. The third kappa shape index (κ3) is 4.08. The van der Waals surface area contributed by atoms with Crippen LogP contribution in [0.5, 0.6) is 0 Å². The van der Waals surface area contributed by atoms with Crippen molar-refractivity contribution < 1.29 is 9.59 Å². The van der Waals surface area contributed by atoms with Gasteiger partial charge >= 0.3 is 0 Å². The molecule has 116 valence electrons. The number of nitrogens with one attached hydrogen (secondary N) is 1. The van der Waals surface area contributed by atoms with Crippen molar-refractivity contribution in [2.45, 2.75) is 13.3 Å². The molecule has 1 N–H and O–H groups in total. The second-order valence-corrected chi connectivity index (χ2v) is 6.54. The highest BCUT2D eigenvalue weighted by atomic mass is 35.5. The molecule has 0 fully saturated rings. The van der Waals surface area contributed by atoms with Gasteiger partial charge in [-0.25, -0.2) is 0 Å². The molecule has 0 radical (unpaired) electrons. The van der Waals surface area contributed by atoms with Gasteiger partial charge in [-0.15, -0.1) is 11.3 Å². The van der Waals surface area contributed by atoms with Crippen LogP contribution in [0.3, 0.4) is 0 Å². The van der Waals surface area contributed by atoms with Crippen LogP contribution in [-0.2, 0) is 11.2 Å². The molecule has 0 saturated carbocycles. The maximum absolute atomic E-state index is 12.2. The van der Waals surface area contributed by atoms with Crippen molar-refractivity contribution in [2.75, 3.05) is 18.9 Å². The van der Waals surface area contributed by atoms with Crippen molar-refractivity contribution in [3.63, 3.8) is 0 Å². The van der Waals surface area contributed by atoms with Gasteiger partial charge in [0.15, 0.2) is 0 Å². The first-order valence-corrected chi connectivity index (χ1v) is 8.09. The lowest BCUT2D eigenvalue weighted by Crippen LogP contribution is -2.34. The lowest BCUT2D eigenvalue weighted by atomic mass is 10.1. The number of hydrogen-bond acceptors (Lipinski definition) is 3. The molecule has 1 aromatic carbocycles. The Labute approximate surface area is 138 Å². The van der Waals surface area contributed by atoms with E-state index in [1.165, 1.54) is 16.2 Å². The predicted molar refractivity (Wildman–Crippen MR) is 90.7 cm³/mol. The molecule has 6 heteroatoms. The Hall–Kier alpha value is -1.85. The van der Waals surface area contributed by atoms with Gasteiger partial charge in [-0.2, -0.15) is 0 Å². The van der Waals surface area contributed by atoms with Crippen LogP contribution >= 0.6 is 22.9 Å². The molecular formula is C16H17ClN2O2S. The number of amides is 2. The fourth-order valence-corrected chi connectivity index (χ4v) is 3.08. The summed E-state index contributed by atoms with van der Waals surface area (Å²) < 4.78 is 0.554. The minimum Gasteiger partial charge on any atom is -0.332 e. The average molecular weight is 337 g/mol. The highest BCUT2D eigenvalue weighted by Gasteiger charge is 2.17. The van der Waals surface area contributed by atoms with E-state index in [0.29, 0.717) is 9.21 Å². The molecule has 0 saturated heterocycles. The summed E-state index contributed by atoms with van der Waals surface area (Å²) in [4.78, 5) is 26.2. The van der Waals surface area contributed by atoms with E-state index in [1.807, 2.05) is 31.2 Å². The predicted octanol–water partition coefficient (Wildman–Crippen LogP) is 3.67. The Bertz CT molecular complexity index is 684. The van der Waals surface area contributed by atoms with E-state index in [1.54, 1.807) is 19.2 Å². The van der Waals surface area contributed by atoms with Crippen molar-refractivity contribution in [3.05, 3.63) is 51.2 Å². The number of carbonyl (C=O) groups is 2. The first-order valence-electron chi connectivity index (χ1n) is 6.89. The van der Waals surface area contributed by atoms with Crippen LogP contribution in [0.25, 0.3) is 0 Å². The summed E-state index contributed by atoms with van der Waals surface area (Å²) in [7, 11) is 1.60. The van der Waals surface area contributed by atoms with E-state index in [2.05, 4.69) is 5.32 Å². The molecule has 2 amide bonds. The van der Waals surface area contributed by atoms with E-state index in [4.69, 9.17) is 11.6 Å². The quantitative estimate of drug-likeness (QED) is 0.905. The van der Waals surface area contributed by atoms with E-state index < -0.39 is 0 Å². The molecule has 0 spiro atoms.